The van der Waals surface area contributed by atoms with Gasteiger partial charge in [-0.2, -0.15) is 0 Å². The fourth-order valence-corrected chi connectivity index (χ4v) is 4.33. The highest BCUT2D eigenvalue weighted by molar-refractivity contribution is 6.37. The quantitative estimate of drug-likeness (QED) is 0.323. The molecule has 0 unspecified atom stereocenters. The van der Waals surface area contributed by atoms with Crippen molar-refractivity contribution < 1.29 is 19.1 Å². The van der Waals surface area contributed by atoms with Gasteiger partial charge in [-0.3, -0.25) is 14.6 Å². The summed E-state index contributed by atoms with van der Waals surface area (Å²) in [7, 11) is 3.17. The lowest BCUT2D eigenvalue weighted by atomic mass is 10.1. The van der Waals surface area contributed by atoms with Gasteiger partial charge in [-0.15, -0.1) is 12.4 Å². The van der Waals surface area contributed by atoms with Gasteiger partial charge in [0.1, 0.15) is 0 Å². The minimum atomic E-state index is -0.382. The van der Waals surface area contributed by atoms with Gasteiger partial charge in [0.15, 0.2) is 11.5 Å². The molecule has 2 amide bonds. The number of carbonyl (C=O) groups is 2. The predicted octanol–water partition coefficient (Wildman–Crippen LogP) is 6.18. The number of ether oxygens (including phenoxy) is 2. The third-order valence-electron chi connectivity index (χ3n) is 5.81. The van der Waals surface area contributed by atoms with Gasteiger partial charge in [0.2, 0.25) is 0 Å². The highest BCUT2D eigenvalue weighted by atomic mass is 35.5. The molecule has 35 heavy (non-hydrogen) atoms. The van der Waals surface area contributed by atoms with Crippen molar-refractivity contribution in [1.82, 2.24) is 4.98 Å². The summed E-state index contributed by atoms with van der Waals surface area (Å²) in [5, 5.41) is 4.67. The molecular formula is C26H21Cl2N3O4. The first-order chi connectivity index (χ1) is 16.4. The zero-order valence-electron chi connectivity index (χ0n) is 19.1. The molecule has 3 aromatic carbocycles. The Balaban J connectivity index is 0.00000289. The standard InChI is InChI=1S/C26H20ClN3O4.ClH/c1-14-10-16(29-20-8-9-28-21-13-24(34-3)23(33-2)12-19(20)21)5-7-22(14)30-25(31)17-6-4-15(27)11-18(17)26(30)32;/h4-13H,1-3H3,(H,28,29);1H. The molecule has 0 aliphatic carbocycles. The predicted molar refractivity (Wildman–Crippen MR) is 139 cm³/mol. The summed E-state index contributed by atoms with van der Waals surface area (Å²) in [6.07, 6.45) is 1.71. The van der Waals surface area contributed by atoms with E-state index in [1.54, 1.807) is 38.6 Å². The maximum absolute atomic E-state index is 12.9. The Hall–Kier alpha value is -3.81. The number of halogens is 2. The molecular weight excluding hydrogens is 489 g/mol. The number of benzene rings is 3. The topological polar surface area (TPSA) is 80.8 Å². The highest BCUT2D eigenvalue weighted by Crippen LogP contribution is 2.37. The number of fused-ring (bicyclic) bond motifs is 2. The molecule has 0 atom stereocenters. The second kappa shape index (κ2) is 9.44. The monoisotopic (exact) mass is 509 g/mol. The van der Waals surface area contributed by atoms with Crippen LogP contribution in [0.3, 0.4) is 0 Å². The number of carbonyl (C=O) groups excluding carboxylic acids is 2. The maximum atomic E-state index is 12.9. The van der Waals surface area contributed by atoms with Crippen molar-refractivity contribution in [2.75, 3.05) is 24.4 Å². The fraction of sp³-hybridized carbons (Fsp3) is 0.115. The molecule has 7 nitrogen and oxygen atoms in total. The molecule has 0 fully saturated rings. The minimum absolute atomic E-state index is 0. The largest absolute Gasteiger partial charge is 0.493 e. The van der Waals surface area contributed by atoms with E-state index in [9.17, 15) is 9.59 Å². The summed E-state index contributed by atoms with van der Waals surface area (Å²) >= 11 is 6.03. The van der Waals surface area contributed by atoms with Crippen LogP contribution in [-0.2, 0) is 0 Å². The van der Waals surface area contributed by atoms with Gasteiger partial charge in [0, 0.05) is 34.0 Å². The van der Waals surface area contributed by atoms with Gasteiger partial charge in [0.05, 0.1) is 36.6 Å². The van der Waals surface area contributed by atoms with Gasteiger partial charge in [-0.05, 0) is 61.0 Å². The molecule has 0 radical (unpaired) electrons. The first-order valence-electron chi connectivity index (χ1n) is 10.5. The summed E-state index contributed by atoms with van der Waals surface area (Å²) < 4.78 is 10.8. The normalized spacial score (nSPS) is 12.4. The minimum Gasteiger partial charge on any atom is -0.493 e. The first kappa shape index (κ1) is 24.3. The Morgan fingerprint density at radius 1 is 0.886 bits per heavy atom. The van der Waals surface area contributed by atoms with E-state index in [0.717, 1.165) is 27.8 Å². The number of imide groups is 1. The zero-order valence-corrected chi connectivity index (χ0v) is 20.7. The van der Waals surface area contributed by atoms with Crippen LogP contribution in [0, 0.1) is 6.92 Å². The van der Waals surface area contributed by atoms with E-state index in [4.69, 9.17) is 21.1 Å². The van der Waals surface area contributed by atoms with Crippen LogP contribution >= 0.6 is 24.0 Å². The first-order valence-corrected chi connectivity index (χ1v) is 10.9. The van der Waals surface area contributed by atoms with E-state index in [2.05, 4.69) is 10.3 Å². The van der Waals surface area contributed by atoms with Gasteiger partial charge in [0.25, 0.3) is 11.8 Å². The Morgan fingerprint density at radius 3 is 2.31 bits per heavy atom. The molecule has 9 heteroatoms. The third-order valence-corrected chi connectivity index (χ3v) is 6.05. The average Bonchev–Trinajstić information content (AvgIpc) is 3.07. The van der Waals surface area contributed by atoms with Crippen molar-refractivity contribution in [2.45, 2.75) is 6.92 Å². The Morgan fingerprint density at radius 2 is 1.60 bits per heavy atom. The molecule has 5 rings (SSSR count). The Bertz CT molecular complexity index is 1490. The number of methoxy groups -OCH3 is 2. The van der Waals surface area contributed by atoms with Crippen LogP contribution in [0.1, 0.15) is 26.3 Å². The summed E-state index contributed by atoms with van der Waals surface area (Å²) in [5.74, 6) is 0.458. The van der Waals surface area contributed by atoms with Crippen LogP contribution in [0.25, 0.3) is 10.9 Å². The lowest BCUT2D eigenvalue weighted by molar-refractivity contribution is 0.0926. The molecule has 0 saturated carbocycles. The Kier molecular flexibility index (Phi) is 6.56. The lowest BCUT2D eigenvalue weighted by Crippen LogP contribution is -2.30. The summed E-state index contributed by atoms with van der Waals surface area (Å²) in [6, 6.07) is 15.8. The number of hydrogen-bond acceptors (Lipinski definition) is 6. The summed E-state index contributed by atoms with van der Waals surface area (Å²) in [4.78, 5) is 31.5. The fourth-order valence-electron chi connectivity index (χ4n) is 4.15. The molecule has 1 aliphatic heterocycles. The third kappa shape index (κ3) is 4.13. The van der Waals surface area contributed by atoms with Crippen molar-refractivity contribution in [1.29, 1.82) is 0 Å². The van der Waals surface area contributed by atoms with E-state index in [1.807, 2.05) is 37.3 Å². The zero-order chi connectivity index (χ0) is 24.0. The van der Waals surface area contributed by atoms with E-state index < -0.39 is 0 Å². The second-order valence-electron chi connectivity index (χ2n) is 7.84. The van der Waals surface area contributed by atoms with Crippen LogP contribution in [0.2, 0.25) is 5.02 Å². The number of amides is 2. The average molecular weight is 510 g/mol. The van der Waals surface area contributed by atoms with Crippen LogP contribution in [0.15, 0.2) is 60.8 Å². The highest BCUT2D eigenvalue weighted by Gasteiger charge is 2.37. The smallest absolute Gasteiger partial charge is 0.266 e. The number of nitrogens with zero attached hydrogens (tertiary/aromatic N) is 2. The van der Waals surface area contributed by atoms with Crippen LogP contribution in [-0.4, -0.2) is 31.0 Å². The van der Waals surface area contributed by atoms with Gasteiger partial charge >= 0.3 is 0 Å². The van der Waals surface area contributed by atoms with Crippen LogP contribution in [0.4, 0.5) is 17.1 Å². The molecule has 178 valence electrons. The molecule has 2 heterocycles. The molecule has 1 aromatic heterocycles. The molecule has 0 saturated heterocycles. The van der Waals surface area contributed by atoms with E-state index in [-0.39, 0.29) is 24.2 Å². The number of hydrogen-bond donors (Lipinski definition) is 1. The molecule has 1 aliphatic rings. The van der Waals surface area contributed by atoms with E-state index >= 15 is 0 Å². The SMILES string of the molecule is COc1cc2nccc(Nc3ccc(N4C(=O)c5ccc(Cl)cc5C4=O)c(C)c3)c2cc1OC.Cl. The van der Waals surface area contributed by atoms with E-state index in [1.165, 1.54) is 11.0 Å². The number of rotatable bonds is 5. The van der Waals surface area contributed by atoms with Gasteiger partial charge < -0.3 is 14.8 Å². The van der Waals surface area contributed by atoms with Crippen molar-refractivity contribution in [3.05, 3.63) is 82.5 Å². The molecule has 0 bridgehead atoms. The number of nitrogens with one attached hydrogen (secondary N) is 1. The Labute approximate surface area is 213 Å². The summed E-state index contributed by atoms with van der Waals surface area (Å²) in [5.41, 5.74) is 4.33. The van der Waals surface area contributed by atoms with Crippen molar-refractivity contribution >= 4 is 63.8 Å². The number of aryl methyl sites for hydroxylation is 1. The number of aromatic nitrogens is 1. The van der Waals surface area contributed by atoms with Crippen molar-refractivity contribution in [3.63, 3.8) is 0 Å². The molecule has 4 aromatic rings. The molecule has 0 spiro atoms. The number of pyridine rings is 1. The van der Waals surface area contributed by atoms with Gasteiger partial charge in [-0.25, -0.2) is 4.90 Å². The summed E-state index contributed by atoms with van der Waals surface area (Å²) in [6.45, 7) is 1.86. The van der Waals surface area contributed by atoms with Crippen molar-refractivity contribution in [3.8, 4) is 11.5 Å². The molecule has 1 N–H and O–H groups in total. The second-order valence-corrected chi connectivity index (χ2v) is 8.28. The van der Waals surface area contributed by atoms with Crippen LogP contribution in [0.5, 0.6) is 11.5 Å². The van der Waals surface area contributed by atoms with Crippen molar-refractivity contribution in [2.24, 2.45) is 0 Å². The van der Waals surface area contributed by atoms with Crippen LogP contribution < -0.4 is 19.7 Å². The van der Waals surface area contributed by atoms with Gasteiger partial charge in [-0.1, -0.05) is 11.6 Å². The maximum Gasteiger partial charge on any atom is 0.266 e. The number of anilines is 3. The van der Waals surface area contributed by atoms with E-state index in [0.29, 0.717) is 33.3 Å². The lowest BCUT2D eigenvalue weighted by Gasteiger charge is -2.18.